The molecule has 0 saturated carbocycles. The van der Waals surface area contributed by atoms with E-state index in [9.17, 15) is 9.59 Å². The van der Waals surface area contributed by atoms with Gasteiger partial charge in [0.15, 0.2) is 5.13 Å². The maximum absolute atomic E-state index is 12.2. The van der Waals surface area contributed by atoms with Crippen LogP contribution in [0.2, 0.25) is 0 Å². The van der Waals surface area contributed by atoms with Gasteiger partial charge in [0.1, 0.15) is 6.54 Å². The van der Waals surface area contributed by atoms with Crippen LogP contribution in [0, 0.1) is 20.8 Å². The molecule has 1 amide bonds. The van der Waals surface area contributed by atoms with Gasteiger partial charge in [-0.25, -0.2) is 4.98 Å². The number of carbonyl (C=O) groups excluding carboxylic acids is 1. The van der Waals surface area contributed by atoms with E-state index in [0.717, 1.165) is 46.2 Å². The Bertz CT molecular complexity index is 1020. The van der Waals surface area contributed by atoms with Crippen LogP contribution in [0.25, 0.3) is 11.3 Å². The Labute approximate surface area is 159 Å². The molecule has 0 aromatic carbocycles. The molecule has 136 valence electrons. The lowest BCUT2D eigenvalue weighted by atomic mass is 10.2. The molecule has 0 aliphatic rings. The summed E-state index contributed by atoms with van der Waals surface area (Å²) in [5, 5.41) is 6.98. The third-order valence-electron chi connectivity index (χ3n) is 4.19. The van der Waals surface area contributed by atoms with Crippen molar-refractivity contribution in [2.75, 3.05) is 5.32 Å². The molecule has 0 aliphatic heterocycles. The van der Waals surface area contributed by atoms with Gasteiger partial charge in [0.05, 0.1) is 5.69 Å². The molecule has 8 heteroatoms. The summed E-state index contributed by atoms with van der Waals surface area (Å²) in [5.74, 6) is -0.258. The number of hydrogen-bond donors (Lipinski definition) is 1. The number of allylic oxidation sites excluding steroid dienone is 1. The van der Waals surface area contributed by atoms with Crippen molar-refractivity contribution in [3.63, 3.8) is 0 Å². The van der Waals surface area contributed by atoms with Gasteiger partial charge in [-0.3, -0.25) is 14.2 Å². The molecule has 0 fully saturated rings. The Morgan fingerprint density at radius 2 is 2.00 bits per heavy atom. The SMILES string of the molecule is C=CCn1c(C)cc(-c2csc(NC(=O)Cn3c(C)csc3=O)n2)c1C. The van der Waals surface area contributed by atoms with Crippen molar-refractivity contribution in [1.82, 2.24) is 14.1 Å². The second-order valence-electron chi connectivity index (χ2n) is 6.00. The van der Waals surface area contributed by atoms with E-state index >= 15 is 0 Å². The zero-order valence-electron chi connectivity index (χ0n) is 14.9. The van der Waals surface area contributed by atoms with Crippen LogP contribution in [-0.4, -0.2) is 20.0 Å². The topological polar surface area (TPSA) is 68.9 Å². The van der Waals surface area contributed by atoms with Crippen LogP contribution in [-0.2, 0) is 17.9 Å². The van der Waals surface area contributed by atoms with Gasteiger partial charge in [0, 0.05) is 40.0 Å². The van der Waals surface area contributed by atoms with Crippen LogP contribution in [0.3, 0.4) is 0 Å². The van der Waals surface area contributed by atoms with Crippen molar-refractivity contribution in [2.45, 2.75) is 33.9 Å². The largest absolute Gasteiger partial charge is 0.345 e. The summed E-state index contributed by atoms with van der Waals surface area (Å²) in [5.41, 5.74) is 4.92. The number of nitrogens with zero attached hydrogens (tertiary/aromatic N) is 3. The van der Waals surface area contributed by atoms with E-state index in [-0.39, 0.29) is 17.3 Å². The first-order valence-electron chi connectivity index (χ1n) is 8.09. The van der Waals surface area contributed by atoms with E-state index in [2.05, 4.69) is 41.4 Å². The smallest absolute Gasteiger partial charge is 0.307 e. The lowest BCUT2D eigenvalue weighted by molar-refractivity contribution is -0.116. The van der Waals surface area contributed by atoms with E-state index in [1.54, 1.807) is 5.38 Å². The standard InChI is InChI=1S/C18H20N4O2S2/c1-5-6-21-11(2)7-14(13(21)4)15-10-25-17(19-15)20-16(23)8-22-12(3)9-26-18(22)24/h5,7,9-10H,1,6,8H2,2-4H3,(H,19,20,23). The van der Waals surface area contributed by atoms with Crippen molar-refractivity contribution in [1.29, 1.82) is 0 Å². The van der Waals surface area contributed by atoms with E-state index in [4.69, 9.17) is 0 Å². The Morgan fingerprint density at radius 3 is 2.65 bits per heavy atom. The van der Waals surface area contributed by atoms with Crippen LogP contribution in [0.5, 0.6) is 0 Å². The first-order valence-corrected chi connectivity index (χ1v) is 9.85. The summed E-state index contributed by atoms with van der Waals surface area (Å²) in [6.07, 6.45) is 1.87. The van der Waals surface area contributed by atoms with Crippen molar-refractivity contribution >= 4 is 33.7 Å². The van der Waals surface area contributed by atoms with Gasteiger partial charge >= 0.3 is 4.87 Å². The summed E-state index contributed by atoms with van der Waals surface area (Å²) in [4.78, 5) is 28.3. The summed E-state index contributed by atoms with van der Waals surface area (Å²) in [6.45, 7) is 10.5. The van der Waals surface area contributed by atoms with E-state index in [1.165, 1.54) is 15.9 Å². The highest BCUT2D eigenvalue weighted by atomic mass is 32.1. The summed E-state index contributed by atoms with van der Waals surface area (Å²) in [6, 6.07) is 2.09. The number of aromatic nitrogens is 3. The number of amides is 1. The van der Waals surface area contributed by atoms with Crippen LogP contribution >= 0.6 is 22.7 Å². The van der Waals surface area contributed by atoms with E-state index in [1.807, 2.05) is 18.4 Å². The molecule has 0 unspecified atom stereocenters. The number of thiazole rings is 2. The van der Waals surface area contributed by atoms with Crippen molar-refractivity contribution < 1.29 is 4.79 Å². The van der Waals surface area contributed by atoms with Gasteiger partial charge in [-0.05, 0) is 26.8 Å². The van der Waals surface area contributed by atoms with Crippen molar-refractivity contribution in [3.05, 3.63) is 56.2 Å². The monoisotopic (exact) mass is 388 g/mol. The van der Waals surface area contributed by atoms with E-state index < -0.39 is 0 Å². The number of anilines is 1. The first-order chi connectivity index (χ1) is 12.4. The first kappa shape index (κ1) is 18.3. The maximum atomic E-state index is 12.2. The molecule has 6 nitrogen and oxygen atoms in total. The molecule has 0 spiro atoms. The Kier molecular flexibility index (Phi) is 5.24. The molecule has 3 rings (SSSR count). The lowest BCUT2D eigenvalue weighted by Crippen LogP contribution is -2.25. The second-order valence-corrected chi connectivity index (χ2v) is 7.68. The molecule has 0 bridgehead atoms. The Hall–Kier alpha value is -2.45. The van der Waals surface area contributed by atoms with Crippen LogP contribution in [0.15, 0.2) is 34.3 Å². The average molecular weight is 389 g/mol. The zero-order chi connectivity index (χ0) is 18.8. The average Bonchev–Trinajstić information content (AvgIpc) is 3.25. The summed E-state index contributed by atoms with van der Waals surface area (Å²) in [7, 11) is 0. The minimum Gasteiger partial charge on any atom is -0.345 e. The van der Waals surface area contributed by atoms with Crippen molar-refractivity contribution in [3.8, 4) is 11.3 Å². The molecular formula is C18H20N4O2S2. The minimum atomic E-state index is -0.258. The predicted molar refractivity (Wildman–Crippen MR) is 107 cm³/mol. The van der Waals surface area contributed by atoms with Crippen LogP contribution < -0.4 is 10.2 Å². The Balaban J connectivity index is 1.76. The highest BCUT2D eigenvalue weighted by molar-refractivity contribution is 7.14. The quantitative estimate of drug-likeness (QED) is 0.656. The van der Waals surface area contributed by atoms with Gasteiger partial charge < -0.3 is 9.88 Å². The van der Waals surface area contributed by atoms with Gasteiger partial charge in [-0.1, -0.05) is 17.4 Å². The number of nitrogens with one attached hydrogen (secondary N) is 1. The normalized spacial score (nSPS) is 10.9. The van der Waals surface area contributed by atoms with Gasteiger partial charge in [0.2, 0.25) is 5.91 Å². The minimum absolute atomic E-state index is 0.00305. The second kappa shape index (κ2) is 7.43. The summed E-state index contributed by atoms with van der Waals surface area (Å²) >= 11 is 2.47. The Morgan fingerprint density at radius 1 is 1.23 bits per heavy atom. The van der Waals surface area contributed by atoms with Crippen molar-refractivity contribution in [2.24, 2.45) is 0 Å². The van der Waals surface area contributed by atoms with Gasteiger partial charge in [0.25, 0.3) is 0 Å². The molecule has 0 atom stereocenters. The molecule has 1 N–H and O–H groups in total. The third-order valence-corrected chi connectivity index (χ3v) is 5.83. The maximum Gasteiger partial charge on any atom is 0.307 e. The summed E-state index contributed by atoms with van der Waals surface area (Å²) < 4.78 is 3.63. The highest BCUT2D eigenvalue weighted by Gasteiger charge is 2.15. The number of aryl methyl sites for hydroxylation is 2. The molecule has 0 saturated heterocycles. The fourth-order valence-electron chi connectivity index (χ4n) is 2.82. The predicted octanol–water partition coefficient (Wildman–Crippen LogP) is 3.58. The van der Waals surface area contributed by atoms with E-state index in [0.29, 0.717) is 5.13 Å². The fourth-order valence-corrected chi connectivity index (χ4v) is 4.29. The number of rotatable bonds is 6. The molecular weight excluding hydrogens is 368 g/mol. The molecule has 3 heterocycles. The molecule has 3 aromatic heterocycles. The molecule has 26 heavy (non-hydrogen) atoms. The van der Waals surface area contributed by atoms with Gasteiger partial charge in [-0.15, -0.1) is 17.9 Å². The van der Waals surface area contributed by atoms with Crippen LogP contribution in [0.4, 0.5) is 5.13 Å². The highest BCUT2D eigenvalue weighted by Crippen LogP contribution is 2.30. The lowest BCUT2D eigenvalue weighted by Gasteiger charge is -2.05. The third kappa shape index (κ3) is 3.56. The fraction of sp³-hybridized carbons (Fsp3) is 0.278. The number of carbonyl (C=O) groups is 1. The van der Waals surface area contributed by atoms with Gasteiger partial charge in [-0.2, -0.15) is 0 Å². The molecule has 0 radical (unpaired) electrons. The molecule has 3 aromatic rings. The number of hydrogen-bond acceptors (Lipinski definition) is 5. The molecule has 0 aliphatic carbocycles. The zero-order valence-corrected chi connectivity index (χ0v) is 16.5. The van der Waals surface area contributed by atoms with Crippen LogP contribution in [0.1, 0.15) is 17.1 Å².